The van der Waals surface area contributed by atoms with Crippen LogP contribution in [0, 0.1) is 13.8 Å². The van der Waals surface area contributed by atoms with Gasteiger partial charge < -0.3 is 4.57 Å². The Balaban J connectivity index is 1.81. The number of benzene rings is 1. The maximum atomic E-state index is 13.3. The number of sulfonamides is 1. The van der Waals surface area contributed by atoms with E-state index in [2.05, 4.69) is 10.1 Å². The van der Waals surface area contributed by atoms with E-state index in [9.17, 15) is 13.2 Å². The molecule has 1 aromatic carbocycles. The lowest BCUT2D eigenvalue weighted by molar-refractivity contribution is 0.101. The van der Waals surface area contributed by atoms with Crippen molar-refractivity contribution in [1.82, 2.24) is 19.3 Å². The molecule has 0 saturated carbocycles. The largest absolute Gasteiger partial charge is 0.300 e. The molecule has 0 atom stereocenters. The van der Waals surface area contributed by atoms with E-state index in [0.717, 1.165) is 25.9 Å². The van der Waals surface area contributed by atoms with Crippen LogP contribution in [0.25, 0.3) is 15.3 Å². The summed E-state index contributed by atoms with van der Waals surface area (Å²) in [5.74, 6) is -0.621. The van der Waals surface area contributed by atoms with Crippen LogP contribution in [0.3, 0.4) is 0 Å². The molecule has 10 heteroatoms. The van der Waals surface area contributed by atoms with Gasteiger partial charge in [0, 0.05) is 25.0 Å². The van der Waals surface area contributed by atoms with Gasteiger partial charge in [-0.2, -0.15) is 9.40 Å². The molecule has 150 valence electrons. The second kappa shape index (κ2) is 6.82. The van der Waals surface area contributed by atoms with Gasteiger partial charge in [0.1, 0.15) is 5.69 Å². The number of nitrogens with zero attached hydrogens (tertiary/aromatic N) is 5. The van der Waals surface area contributed by atoms with Crippen molar-refractivity contribution in [3.05, 3.63) is 59.7 Å². The van der Waals surface area contributed by atoms with Crippen LogP contribution in [0.2, 0.25) is 0 Å². The van der Waals surface area contributed by atoms with E-state index in [0.29, 0.717) is 11.4 Å². The average Bonchev–Trinajstić information content (AvgIpc) is 3.36. The Morgan fingerprint density at radius 1 is 1.17 bits per heavy atom. The number of hydrogen-bond donors (Lipinski definition) is 0. The zero-order chi connectivity index (χ0) is 20.9. The summed E-state index contributed by atoms with van der Waals surface area (Å²) in [6.07, 6.45) is 4.80. The molecular formula is C19H19N5O3S2. The maximum absolute atomic E-state index is 13.3. The van der Waals surface area contributed by atoms with Crippen LogP contribution in [-0.4, -0.2) is 39.9 Å². The van der Waals surface area contributed by atoms with Crippen molar-refractivity contribution >= 4 is 43.2 Å². The number of rotatable bonds is 4. The van der Waals surface area contributed by atoms with Gasteiger partial charge >= 0.3 is 0 Å². The topological polar surface area (TPSA) is 90.1 Å². The van der Waals surface area contributed by atoms with Crippen LogP contribution < -0.4 is 4.31 Å². The van der Waals surface area contributed by atoms with Crippen LogP contribution in [0.4, 0.5) is 5.69 Å². The summed E-state index contributed by atoms with van der Waals surface area (Å²) in [5.41, 5.74) is 2.37. The van der Waals surface area contributed by atoms with Crippen LogP contribution >= 0.6 is 11.3 Å². The van der Waals surface area contributed by atoms with Gasteiger partial charge in [-0.25, -0.2) is 13.4 Å². The van der Waals surface area contributed by atoms with E-state index in [-0.39, 0.29) is 11.3 Å². The van der Waals surface area contributed by atoms with Crippen LogP contribution in [0.1, 0.15) is 21.7 Å². The Bertz CT molecular complexity index is 1330. The second-order valence-corrected chi connectivity index (χ2v) is 9.59. The lowest BCUT2D eigenvalue weighted by Gasteiger charge is -2.21. The van der Waals surface area contributed by atoms with E-state index in [4.69, 9.17) is 0 Å². The molecule has 0 unspecified atom stereocenters. The first kappa shape index (κ1) is 19.3. The summed E-state index contributed by atoms with van der Waals surface area (Å²) >= 11 is 1.43. The summed E-state index contributed by atoms with van der Waals surface area (Å²) < 4.78 is 30.2. The fourth-order valence-electron chi connectivity index (χ4n) is 3.21. The molecule has 8 nitrogen and oxygen atoms in total. The first-order valence-corrected chi connectivity index (χ1v) is 11.4. The highest BCUT2D eigenvalue weighted by Gasteiger charge is 2.31. The first-order valence-electron chi connectivity index (χ1n) is 8.75. The Morgan fingerprint density at radius 3 is 2.45 bits per heavy atom. The van der Waals surface area contributed by atoms with E-state index in [1.54, 1.807) is 43.8 Å². The van der Waals surface area contributed by atoms with Crippen LogP contribution in [0.15, 0.2) is 42.7 Å². The van der Waals surface area contributed by atoms with Gasteiger partial charge in [-0.15, -0.1) is 0 Å². The molecule has 0 spiro atoms. The zero-order valence-electron chi connectivity index (χ0n) is 16.3. The fourth-order valence-corrected chi connectivity index (χ4v) is 5.18. The van der Waals surface area contributed by atoms with Crippen LogP contribution in [-0.2, 0) is 17.1 Å². The average molecular weight is 430 g/mol. The highest BCUT2D eigenvalue weighted by molar-refractivity contribution is 7.92. The third-order valence-corrected chi connectivity index (χ3v) is 6.68. The molecular weight excluding hydrogens is 410 g/mol. The zero-order valence-corrected chi connectivity index (χ0v) is 18.0. The third-order valence-electron chi connectivity index (χ3n) is 4.64. The molecule has 4 rings (SSSR count). The van der Waals surface area contributed by atoms with Gasteiger partial charge in [0.2, 0.25) is 10.0 Å². The Morgan fingerprint density at radius 2 is 1.86 bits per heavy atom. The molecule has 29 heavy (non-hydrogen) atoms. The molecule has 0 aliphatic rings. The fraction of sp³-hybridized carbons (Fsp3) is 0.211. The molecule has 0 saturated heterocycles. The number of thiazole rings is 1. The molecule has 3 aromatic heterocycles. The van der Waals surface area contributed by atoms with Crippen molar-refractivity contribution in [3.8, 4) is 5.13 Å². The highest BCUT2D eigenvalue weighted by Crippen LogP contribution is 2.30. The quantitative estimate of drug-likeness (QED) is 0.497. The molecule has 4 aromatic rings. The number of amides is 1. The van der Waals surface area contributed by atoms with E-state index in [1.807, 2.05) is 29.1 Å². The minimum atomic E-state index is -3.87. The molecule has 0 bridgehead atoms. The van der Waals surface area contributed by atoms with Crippen molar-refractivity contribution in [2.45, 2.75) is 13.8 Å². The predicted octanol–water partition coefficient (Wildman–Crippen LogP) is 3.04. The van der Waals surface area contributed by atoms with Crippen molar-refractivity contribution in [1.29, 1.82) is 0 Å². The number of aromatic nitrogens is 4. The highest BCUT2D eigenvalue weighted by atomic mass is 32.2. The van der Waals surface area contributed by atoms with Gasteiger partial charge in [0.05, 0.1) is 27.9 Å². The minimum absolute atomic E-state index is 0.272. The SMILES string of the molecule is Cc1nn(C)c(C)c1N(C(=O)c1ccc2nc(-n3cccc3)sc2c1)S(C)(=O)=O. The molecule has 0 radical (unpaired) electrons. The molecule has 0 aliphatic heterocycles. The van der Waals surface area contributed by atoms with Crippen molar-refractivity contribution < 1.29 is 13.2 Å². The summed E-state index contributed by atoms with van der Waals surface area (Å²) in [4.78, 5) is 17.8. The Kier molecular flexibility index (Phi) is 4.55. The standard InChI is InChI=1S/C19H19N5O3S2/c1-12-17(13(2)22(3)21-12)24(29(4,26)27)18(25)14-7-8-15-16(11-14)28-19(20-15)23-9-5-6-10-23/h5-11H,1-4H3. The third kappa shape index (κ3) is 3.34. The summed E-state index contributed by atoms with van der Waals surface area (Å²) in [6, 6.07) is 8.83. The normalized spacial score (nSPS) is 11.9. The number of fused-ring (bicyclic) bond motifs is 1. The Labute approximate surface area is 172 Å². The maximum Gasteiger partial charge on any atom is 0.272 e. The van der Waals surface area contributed by atoms with Gasteiger partial charge in [-0.05, 0) is 44.2 Å². The van der Waals surface area contributed by atoms with Gasteiger partial charge in [0.25, 0.3) is 5.91 Å². The molecule has 3 heterocycles. The monoisotopic (exact) mass is 429 g/mol. The van der Waals surface area contributed by atoms with Gasteiger partial charge in [-0.1, -0.05) is 11.3 Å². The first-order chi connectivity index (χ1) is 13.7. The molecule has 0 N–H and O–H groups in total. The summed E-state index contributed by atoms with van der Waals surface area (Å²) in [7, 11) is -2.16. The molecule has 0 aliphatic carbocycles. The Hall–Kier alpha value is -2.98. The lowest BCUT2D eigenvalue weighted by atomic mass is 10.2. The van der Waals surface area contributed by atoms with Crippen LogP contribution in [0.5, 0.6) is 0 Å². The summed E-state index contributed by atoms with van der Waals surface area (Å²) in [5, 5.41) is 5.02. The van der Waals surface area contributed by atoms with E-state index < -0.39 is 15.9 Å². The van der Waals surface area contributed by atoms with E-state index >= 15 is 0 Å². The number of aryl methyl sites for hydroxylation is 2. The van der Waals surface area contributed by atoms with Crippen molar-refractivity contribution in [3.63, 3.8) is 0 Å². The predicted molar refractivity (Wildman–Crippen MR) is 113 cm³/mol. The minimum Gasteiger partial charge on any atom is -0.300 e. The number of hydrogen-bond acceptors (Lipinski definition) is 6. The number of carbonyl (C=O) groups is 1. The van der Waals surface area contributed by atoms with Crippen molar-refractivity contribution in [2.75, 3.05) is 10.6 Å². The van der Waals surface area contributed by atoms with E-state index in [1.165, 1.54) is 11.3 Å². The lowest BCUT2D eigenvalue weighted by Crippen LogP contribution is -2.37. The smallest absolute Gasteiger partial charge is 0.272 e. The van der Waals surface area contributed by atoms with Gasteiger partial charge in [0.15, 0.2) is 5.13 Å². The summed E-state index contributed by atoms with van der Waals surface area (Å²) in [6.45, 7) is 3.42. The molecule has 1 amide bonds. The molecule has 0 fully saturated rings. The number of carbonyl (C=O) groups excluding carboxylic acids is 1. The second-order valence-electron chi connectivity index (χ2n) is 6.74. The van der Waals surface area contributed by atoms with Crippen molar-refractivity contribution in [2.24, 2.45) is 7.05 Å². The van der Waals surface area contributed by atoms with Gasteiger partial charge in [-0.3, -0.25) is 9.48 Å². The number of anilines is 1.